The van der Waals surface area contributed by atoms with E-state index in [4.69, 9.17) is 0 Å². The predicted octanol–water partition coefficient (Wildman–Crippen LogP) is 9.32. The van der Waals surface area contributed by atoms with E-state index in [1.54, 1.807) is 48.5 Å². The van der Waals surface area contributed by atoms with Crippen LogP contribution < -0.4 is 9.67 Å². The summed E-state index contributed by atoms with van der Waals surface area (Å²) in [5.41, 5.74) is 9.10. The van der Waals surface area contributed by atoms with Gasteiger partial charge >= 0.3 is 17.1 Å². The van der Waals surface area contributed by atoms with Crippen LogP contribution in [0, 0.1) is 6.33 Å². The standard InChI is InChI=1S/C27H36N2.C15H12O2.Cu/c1-18(2)22-11-9-12-23(19(3)4)26(22)28-15-16-29(17-28)27-24(20(5)6)13-10-14-25(27)21(7)8;16-14(12-7-3-1-4-8-12)11-15(17)13-9-5-2-6-10-13;/h9-16,18-21H,1-8H3;1-11,16H;/q;;+1/p-1/b;14-11-;. The molecule has 0 N–H and O–H groups in total. The van der Waals surface area contributed by atoms with Crippen LogP contribution in [0.15, 0.2) is 116 Å². The van der Waals surface area contributed by atoms with Crippen molar-refractivity contribution >= 4 is 11.5 Å². The Morgan fingerprint density at radius 3 is 1.51 bits per heavy atom. The van der Waals surface area contributed by atoms with Gasteiger partial charge in [-0.15, -0.1) is 0 Å². The number of carbonyl (C=O) groups is 1. The van der Waals surface area contributed by atoms with E-state index >= 15 is 0 Å². The number of hydrogen-bond donors (Lipinski definition) is 0. The van der Waals surface area contributed by atoms with Crippen LogP contribution in [0.25, 0.3) is 17.1 Å². The van der Waals surface area contributed by atoms with Gasteiger partial charge in [0.15, 0.2) is 5.78 Å². The number of rotatable bonds is 9. The molecule has 248 valence electrons. The van der Waals surface area contributed by atoms with Crippen LogP contribution in [0.4, 0.5) is 0 Å². The average Bonchev–Trinajstić information content (AvgIpc) is 3.54. The topological polar surface area (TPSA) is 48.9 Å². The maximum atomic E-state index is 11.8. The molecule has 0 bridgehead atoms. The van der Waals surface area contributed by atoms with E-state index in [-0.39, 0.29) is 28.6 Å². The zero-order chi connectivity index (χ0) is 33.4. The second-order valence-corrected chi connectivity index (χ2v) is 12.9. The second-order valence-electron chi connectivity index (χ2n) is 12.9. The van der Waals surface area contributed by atoms with Crippen molar-refractivity contribution in [3.8, 4) is 11.4 Å². The summed E-state index contributed by atoms with van der Waals surface area (Å²) in [6.07, 6.45) is 9.11. The van der Waals surface area contributed by atoms with Crippen LogP contribution >= 0.6 is 0 Å². The summed E-state index contributed by atoms with van der Waals surface area (Å²) in [5.74, 6) is 1.31. The van der Waals surface area contributed by atoms with Crippen molar-refractivity contribution in [2.24, 2.45) is 0 Å². The fourth-order valence-electron chi connectivity index (χ4n) is 5.64. The van der Waals surface area contributed by atoms with E-state index in [0.717, 1.165) is 6.08 Å². The molecule has 5 rings (SSSR count). The molecule has 0 fully saturated rings. The van der Waals surface area contributed by atoms with E-state index in [1.165, 1.54) is 33.6 Å². The van der Waals surface area contributed by atoms with Gasteiger partial charge in [-0.25, -0.2) is 0 Å². The number of imidazole rings is 1. The van der Waals surface area contributed by atoms with Crippen LogP contribution in [0.3, 0.4) is 0 Å². The Labute approximate surface area is 292 Å². The Bertz CT molecular complexity index is 1640. The van der Waals surface area contributed by atoms with Gasteiger partial charge in [-0.3, -0.25) is 13.9 Å². The summed E-state index contributed by atoms with van der Waals surface area (Å²) in [6, 6.07) is 30.9. The Hall–Kier alpha value is -4.18. The van der Waals surface area contributed by atoms with E-state index in [0.29, 0.717) is 34.8 Å². The fraction of sp³-hybridized carbons (Fsp3) is 0.286. The van der Waals surface area contributed by atoms with Crippen molar-refractivity contribution in [3.05, 3.63) is 155 Å². The zero-order valence-corrected chi connectivity index (χ0v) is 29.7. The number of benzene rings is 4. The van der Waals surface area contributed by atoms with E-state index in [9.17, 15) is 9.90 Å². The molecular formula is C42H47CuN2O2. The van der Waals surface area contributed by atoms with Crippen molar-refractivity contribution in [1.82, 2.24) is 4.57 Å². The van der Waals surface area contributed by atoms with Crippen molar-refractivity contribution in [2.45, 2.75) is 79.1 Å². The monoisotopic (exact) mass is 674 g/mol. The van der Waals surface area contributed by atoms with Gasteiger partial charge in [0.25, 0.3) is 6.33 Å². The molecule has 47 heavy (non-hydrogen) atoms. The molecule has 0 radical (unpaired) electrons. The van der Waals surface area contributed by atoms with Crippen LogP contribution in [0.2, 0.25) is 0 Å². The van der Waals surface area contributed by atoms with Crippen LogP contribution in [0.5, 0.6) is 0 Å². The summed E-state index contributed by atoms with van der Waals surface area (Å²) >= 11 is 0. The Balaban J connectivity index is 0.000000284. The number of carbonyl (C=O) groups excluding carboxylic acids is 1. The largest absolute Gasteiger partial charge is 1.00 e. The molecular weight excluding hydrogens is 628 g/mol. The van der Waals surface area contributed by atoms with Crippen molar-refractivity contribution in [1.29, 1.82) is 0 Å². The van der Waals surface area contributed by atoms with Crippen molar-refractivity contribution in [2.75, 3.05) is 0 Å². The third kappa shape index (κ3) is 9.22. The summed E-state index contributed by atoms with van der Waals surface area (Å²) in [5, 5.41) is 11.8. The van der Waals surface area contributed by atoms with Gasteiger partial charge in [0.2, 0.25) is 0 Å². The Kier molecular flexibility index (Phi) is 13.6. The number of ketones is 1. The van der Waals surface area contributed by atoms with Crippen LogP contribution in [-0.4, -0.2) is 10.4 Å². The molecule has 0 aliphatic carbocycles. The molecule has 0 aliphatic heterocycles. The molecule has 0 amide bonds. The molecule has 5 aromatic rings. The first-order valence-corrected chi connectivity index (χ1v) is 16.3. The smallest absolute Gasteiger partial charge is 0.872 e. The minimum Gasteiger partial charge on any atom is -0.872 e. The van der Waals surface area contributed by atoms with E-state index in [1.807, 2.05) is 12.1 Å². The molecule has 4 nitrogen and oxygen atoms in total. The first-order chi connectivity index (χ1) is 22.0. The second kappa shape index (κ2) is 17.1. The summed E-state index contributed by atoms with van der Waals surface area (Å²) in [6.45, 7) is 18.2. The maximum absolute atomic E-state index is 11.8. The molecule has 1 heterocycles. The van der Waals surface area contributed by atoms with Gasteiger partial charge in [-0.1, -0.05) is 158 Å². The van der Waals surface area contributed by atoms with Gasteiger partial charge in [0.1, 0.15) is 0 Å². The Morgan fingerprint density at radius 2 is 1.06 bits per heavy atom. The summed E-state index contributed by atoms with van der Waals surface area (Å²) in [7, 11) is 0. The number of para-hydroxylation sites is 2. The molecule has 5 heteroatoms. The van der Waals surface area contributed by atoms with Gasteiger partial charge in [-0.2, -0.15) is 0 Å². The molecule has 4 aromatic carbocycles. The number of aromatic nitrogens is 2. The number of hydrogen-bond acceptors (Lipinski definition) is 2. The molecule has 0 saturated heterocycles. The molecule has 0 unspecified atom stereocenters. The first-order valence-electron chi connectivity index (χ1n) is 16.3. The van der Waals surface area contributed by atoms with Gasteiger partial charge in [0.05, 0.1) is 11.4 Å². The zero-order valence-electron chi connectivity index (χ0n) is 28.8. The first kappa shape index (κ1) is 37.3. The minimum atomic E-state index is -0.264. The number of nitrogens with zero attached hydrogens (tertiary/aromatic N) is 2. The normalized spacial score (nSPS) is 11.4. The SMILES string of the molecule is CC(C)c1cccc(C(C)C)c1-n1[c-][n+](-c2c(C(C)C)cccc2C(C)C)cc1.O=C(/C=C(\[O-])c1ccccc1)c1ccccc1.[Cu+]. The van der Waals surface area contributed by atoms with Gasteiger partial charge in [0, 0.05) is 18.0 Å². The average molecular weight is 675 g/mol. The quantitative estimate of drug-likeness (QED) is 0.0391. The Morgan fingerprint density at radius 1 is 0.638 bits per heavy atom. The predicted molar refractivity (Wildman–Crippen MR) is 188 cm³/mol. The minimum absolute atomic E-state index is 0. The van der Waals surface area contributed by atoms with Gasteiger partial charge in [-0.05, 0) is 57.6 Å². The van der Waals surface area contributed by atoms with Crippen molar-refractivity contribution in [3.63, 3.8) is 0 Å². The molecule has 0 atom stereocenters. The van der Waals surface area contributed by atoms with Crippen LogP contribution in [-0.2, 0) is 17.1 Å². The third-order valence-corrected chi connectivity index (χ3v) is 8.13. The summed E-state index contributed by atoms with van der Waals surface area (Å²) in [4.78, 5) is 11.8. The third-order valence-electron chi connectivity index (χ3n) is 8.13. The molecule has 0 spiro atoms. The van der Waals surface area contributed by atoms with Gasteiger partial charge < -0.3 is 5.11 Å². The molecule has 0 aliphatic rings. The maximum Gasteiger partial charge on any atom is 1.00 e. The number of allylic oxidation sites excluding steroid dienone is 1. The molecule has 0 saturated carbocycles. The van der Waals surface area contributed by atoms with Crippen molar-refractivity contribution < 1.29 is 31.5 Å². The molecule has 1 aromatic heterocycles. The van der Waals surface area contributed by atoms with E-state index < -0.39 is 0 Å². The van der Waals surface area contributed by atoms with E-state index in [2.05, 4.69) is 120 Å². The summed E-state index contributed by atoms with van der Waals surface area (Å²) < 4.78 is 4.40. The van der Waals surface area contributed by atoms with Crippen LogP contribution in [0.1, 0.15) is 117 Å². The fourth-order valence-corrected chi connectivity index (χ4v) is 5.64.